The fourth-order valence-corrected chi connectivity index (χ4v) is 3.78. The lowest BCUT2D eigenvalue weighted by Gasteiger charge is -2.23. The van der Waals surface area contributed by atoms with Crippen LogP contribution in [0.5, 0.6) is 0 Å². The van der Waals surface area contributed by atoms with Crippen LogP contribution in [0.4, 0.5) is 5.69 Å². The van der Waals surface area contributed by atoms with Crippen LogP contribution >= 0.6 is 0 Å². The molecule has 1 atom stereocenters. The molecular formula is C18H22N2O3S. The average Bonchev–Trinajstić information content (AvgIpc) is 2.53. The number of sulfonamides is 1. The van der Waals surface area contributed by atoms with E-state index in [0.29, 0.717) is 5.69 Å². The first kappa shape index (κ1) is 18.2. The van der Waals surface area contributed by atoms with Gasteiger partial charge in [-0.05, 0) is 35.7 Å². The van der Waals surface area contributed by atoms with Gasteiger partial charge in [0.2, 0.25) is 15.9 Å². The van der Waals surface area contributed by atoms with Crippen LogP contribution in [0.3, 0.4) is 0 Å². The van der Waals surface area contributed by atoms with Crippen LogP contribution in [-0.2, 0) is 14.8 Å². The van der Waals surface area contributed by atoms with E-state index in [2.05, 4.69) is 10.0 Å². The summed E-state index contributed by atoms with van der Waals surface area (Å²) in [6, 6.07) is 15.3. The second kappa shape index (κ2) is 7.59. The van der Waals surface area contributed by atoms with Gasteiger partial charge in [0.05, 0.1) is 4.90 Å². The summed E-state index contributed by atoms with van der Waals surface area (Å²) in [5.74, 6) is -0.103. The molecule has 6 heteroatoms. The number of anilines is 1. The van der Waals surface area contributed by atoms with Gasteiger partial charge in [-0.15, -0.1) is 0 Å². The third kappa shape index (κ3) is 4.66. The number of carbonyl (C=O) groups is 1. The molecule has 0 radical (unpaired) electrons. The predicted octanol–water partition coefficient (Wildman–Crippen LogP) is 3.32. The van der Waals surface area contributed by atoms with Crippen molar-refractivity contribution in [3.05, 3.63) is 60.2 Å². The lowest BCUT2D eigenvalue weighted by Crippen LogP contribution is -2.31. The zero-order valence-corrected chi connectivity index (χ0v) is 14.8. The maximum absolute atomic E-state index is 12.7. The van der Waals surface area contributed by atoms with Gasteiger partial charge in [-0.3, -0.25) is 4.79 Å². The molecule has 0 spiro atoms. The highest BCUT2D eigenvalue weighted by atomic mass is 32.2. The number of rotatable bonds is 6. The Kier molecular flexibility index (Phi) is 5.75. The van der Waals surface area contributed by atoms with Crippen LogP contribution < -0.4 is 10.0 Å². The number of hydrogen-bond acceptors (Lipinski definition) is 3. The summed E-state index contributed by atoms with van der Waals surface area (Å²) in [5.41, 5.74) is 1.48. The third-order valence-corrected chi connectivity index (χ3v) is 5.05. The van der Waals surface area contributed by atoms with Crippen molar-refractivity contribution in [2.75, 3.05) is 5.32 Å². The monoisotopic (exact) mass is 346 g/mol. The molecule has 0 fully saturated rings. The molecule has 2 N–H and O–H groups in total. The van der Waals surface area contributed by atoms with E-state index in [-0.39, 0.29) is 22.8 Å². The fourth-order valence-electron chi connectivity index (χ4n) is 2.41. The van der Waals surface area contributed by atoms with Gasteiger partial charge in [-0.25, -0.2) is 13.1 Å². The first-order valence-electron chi connectivity index (χ1n) is 7.74. The summed E-state index contributed by atoms with van der Waals surface area (Å²) in [5, 5.41) is 2.61. The van der Waals surface area contributed by atoms with Gasteiger partial charge in [0.25, 0.3) is 0 Å². The van der Waals surface area contributed by atoms with Crippen molar-refractivity contribution in [1.29, 1.82) is 0 Å². The first-order chi connectivity index (χ1) is 11.3. The Bertz CT molecular complexity index is 785. The van der Waals surface area contributed by atoms with E-state index >= 15 is 0 Å². The highest BCUT2D eigenvalue weighted by Crippen LogP contribution is 2.24. The Hall–Kier alpha value is -2.18. The maximum atomic E-state index is 12.7. The lowest BCUT2D eigenvalue weighted by molar-refractivity contribution is -0.114. The van der Waals surface area contributed by atoms with Gasteiger partial charge >= 0.3 is 0 Å². The van der Waals surface area contributed by atoms with Crippen molar-refractivity contribution in [2.24, 2.45) is 5.92 Å². The van der Waals surface area contributed by atoms with E-state index in [0.717, 1.165) is 5.56 Å². The number of nitrogens with one attached hydrogen (secondary N) is 2. The van der Waals surface area contributed by atoms with Crippen LogP contribution in [0.25, 0.3) is 0 Å². The summed E-state index contributed by atoms with van der Waals surface area (Å²) in [4.78, 5) is 11.2. The van der Waals surface area contributed by atoms with E-state index in [9.17, 15) is 13.2 Å². The molecule has 0 bridgehead atoms. The minimum atomic E-state index is -3.66. The van der Waals surface area contributed by atoms with E-state index in [1.165, 1.54) is 19.1 Å². The minimum Gasteiger partial charge on any atom is -0.326 e. The summed E-state index contributed by atoms with van der Waals surface area (Å²) in [6.45, 7) is 5.35. The van der Waals surface area contributed by atoms with Gasteiger partial charge in [-0.1, -0.05) is 44.2 Å². The molecule has 0 heterocycles. The Balaban J connectivity index is 2.24. The molecule has 0 aliphatic carbocycles. The molecule has 0 aliphatic rings. The standard InChI is InChI=1S/C18H22N2O3S/c1-13(2)18(15-7-5-4-6-8-15)20-24(22,23)17-11-9-16(10-12-17)19-14(3)21/h4-13,18,20H,1-3H3,(H,19,21)/t18-/m1/s1. The molecule has 0 unspecified atom stereocenters. The second-order valence-corrected chi connectivity index (χ2v) is 7.67. The van der Waals surface area contributed by atoms with E-state index < -0.39 is 10.0 Å². The molecule has 0 saturated heterocycles. The molecule has 0 saturated carbocycles. The van der Waals surface area contributed by atoms with Crippen molar-refractivity contribution in [2.45, 2.75) is 31.7 Å². The molecule has 2 rings (SSSR count). The van der Waals surface area contributed by atoms with Crippen LogP contribution in [0, 0.1) is 5.92 Å². The number of benzene rings is 2. The van der Waals surface area contributed by atoms with E-state index in [1.54, 1.807) is 12.1 Å². The Morgan fingerprint density at radius 1 is 0.958 bits per heavy atom. The van der Waals surface area contributed by atoms with Gasteiger partial charge in [0.1, 0.15) is 0 Å². The lowest BCUT2D eigenvalue weighted by atomic mass is 9.97. The van der Waals surface area contributed by atoms with Gasteiger partial charge in [0, 0.05) is 18.7 Å². The summed E-state index contributed by atoms with van der Waals surface area (Å²) >= 11 is 0. The van der Waals surface area contributed by atoms with Gasteiger partial charge in [-0.2, -0.15) is 0 Å². The highest BCUT2D eigenvalue weighted by Gasteiger charge is 2.23. The topological polar surface area (TPSA) is 75.3 Å². The van der Waals surface area contributed by atoms with E-state index in [1.807, 2.05) is 44.2 Å². The molecule has 1 amide bonds. The Morgan fingerprint density at radius 3 is 2.04 bits per heavy atom. The third-order valence-electron chi connectivity index (χ3n) is 3.59. The van der Waals surface area contributed by atoms with Crippen molar-refractivity contribution in [1.82, 2.24) is 4.72 Å². The van der Waals surface area contributed by atoms with Crippen LogP contribution in [0.15, 0.2) is 59.5 Å². The number of amides is 1. The van der Waals surface area contributed by atoms with Crippen molar-refractivity contribution >= 4 is 21.6 Å². The molecule has 2 aromatic carbocycles. The van der Waals surface area contributed by atoms with Crippen molar-refractivity contribution in [3.63, 3.8) is 0 Å². The molecule has 5 nitrogen and oxygen atoms in total. The Labute approximate surface area is 143 Å². The normalized spacial score (nSPS) is 12.8. The summed E-state index contributed by atoms with van der Waals surface area (Å²) in [6.07, 6.45) is 0. The molecule has 2 aromatic rings. The smallest absolute Gasteiger partial charge is 0.241 e. The summed E-state index contributed by atoms with van der Waals surface area (Å²) in [7, 11) is -3.66. The molecule has 128 valence electrons. The quantitative estimate of drug-likeness (QED) is 0.842. The molecule has 0 aliphatic heterocycles. The van der Waals surface area contributed by atoms with Crippen LogP contribution in [0.2, 0.25) is 0 Å². The molecule has 0 aromatic heterocycles. The second-order valence-electron chi connectivity index (χ2n) is 5.96. The minimum absolute atomic E-state index is 0.0980. The Morgan fingerprint density at radius 2 is 1.54 bits per heavy atom. The van der Waals surface area contributed by atoms with E-state index in [4.69, 9.17) is 0 Å². The first-order valence-corrected chi connectivity index (χ1v) is 9.23. The zero-order chi connectivity index (χ0) is 17.7. The fraction of sp³-hybridized carbons (Fsp3) is 0.278. The predicted molar refractivity (Wildman–Crippen MR) is 95.1 cm³/mol. The highest BCUT2D eigenvalue weighted by molar-refractivity contribution is 7.89. The number of hydrogen-bond donors (Lipinski definition) is 2. The van der Waals surface area contributed by atoms with Crippen molar-refractivity contribution in [3.8, 4) is 0 Å². The van der Waals surface area contributed by atoms with Gasteiger partial charge < -0.3 is 5.32 Å². The van der Waals surface area contributed by atoms with Crippen molar-refractivity contribution < 1.29 is 13.2 Å². The largest absolute Gasteiger partial charge is 0.326 e. The maximum Gasteiger partial charge on any atom is 0.241 e. The molecule has 24 heavy (non-hydrogen) atoms. The van der Waals surface area contributed by atoms with Crippen LogP contribution in [0.1, 0.15) is 32.4 Å². The van der Waals surface area contributed by atoms with Gasteiger partial charge in [0.15, 0.2) is 0 Å². The average molecular weight is 346 g/mol. The summed E-state index contributed by atoms with van der Waals surface area (Å²) < 4.78 is 28.1. The molecular weight excluding hydrogens is 324 g/mol. The SMILES string of the molecule is CC(=O)Nc1ccc(S(=O)(=O)N[C@@H](c2ccccc2)C(C)C)cc1. The number of carbonyl (C=O) groups excluding carboxylic acids is 1. The van der Waals surface area contributed by atoms with Crippen LogP contribution in [-0.4, -0.2) is 14.3 Å². The zero-order valence-electron chi connectivity index (χ0n) is 14.0.